The van der Waals surface area contributed by atoms with Gasteiger partial charge in [-0.25, -0.2) is 0 Å². The number of nitrogens with zero attached hydrogens (tertiary/aromatic N) is 3. The molecule has 0 fully saturated rings. The van der Waals surface area contributed by atoms with E-state index in [1.807, 2.05) is 48.5 Å². The average Bonchev–Trinajstić information content (AvgIpc) is 3.26. The molecule has 32 heavy (non-hydrogen) atoms. The number of unbranched alkanes of at least 4 members (excludes halogenated alkanes) is 2. The van der Waals surface area contributed by atoms with E-state index >= 15 is 0 Å². The van der Waals surface area contributed by atoms with Crippen molar-refractivity contribution in [2.75, 3.05) is 6.54 Å². The van der Waals surface area contributed by atoms with Gasteiger partial charge in [0, 0.05) is 27.9 Å². The lowest BCUT2D eigenvalue weighted by atomic mass is 9.94. The molecule has 2 aromatic carbocycles. The molecule has 5 nitrogen and oxygen atoms in total. The van der Waals surface area contributed by atoms with Crippen molar-refractivity contribution < 1.29 is 4.52 Å². The van der Waals surface area contributed by atoms with E-state index in [1.165, 1.54) is 0 Å². The maximum absolute atomic E-state index is 6.29. The minimum atomic E-state index is -0.248. The first-order chi connectivity index (χ1) is 15.5. The summed E-state index contributed by atoms with van der Waals surface area (Å²) in [6.07, 6.45) is 3.33. The van der Waals surface area contributed by atoms with Crippen molar-refractivity contribution in [3.05, 3.63) is 75.7 Å². The Bertz CT molecular complexity index is 1140. The molecule has 2 heterocycles. The molecule has 0 aliphatic carbocycles. The van der Waals surface area contributed by atoms with E-state index in [0.717, 1.165) is 48.2 Å². The summed E-state index contributed by atoms with van der Waals surface area (Å²) >= 11 is 18.0. The van der Waals surface area contributed by atoms with Crippen LogP contribution in [0.15, 0.2) is 58.8 Å². The van der Waals surface area contributed by atoms with Gasteiger partial charge in [-0.15, -0.1) is 0 Å². The lowest BCUT2D eigenvalue weighted by Crippen LogP contribution is -2.46. The van der Waals surface area contributed by atoms with Crippen molar-refractivity contribution in [2.45, 2.75) is 39.2 Å². The molecule has 0 saturated carbocycles. The fraction of sp³-hybridized carbons (Fsp3) is 0.292. The highest BCUT2D eigenvalue weighted by molar-refractivity contribution is 7.80. The molecule has 0 radical (unpaired) electrons. The van der Waals surface area contributed by atoms with E-state index in [0.29, 0.717) is 26.9 Å². The molecule has 0 spiro atoms. The van der Waals surface area contributed by atoms with Gasteiger partial charge in [0.25, 0.3) is 5.89 Å². The fourth-order valence-corrected chi connectivity index (χ4v) is 4.50. The van der Waals surface area contributed by atoms with Crippen LogP contribution in [0.2, 0.25) is 10.0 Å². The molecule has 1 atom stereocenters. The van der Waals surface area contributed by atoms with Crippen molar-refractivity contribution in [1.82, 2.24) is 20.4 Å². The van der Waals surface area contributed by atoms with Gasteiger partial charge in [0.15, 0.2) is 5.11 Å². The van der Waals surface area contributed by atoms with Crippen LogP contribution in [0.25, 0.3) is 17.0 Å². The lowest BCUT2D eigenvalue weighted by molar-refractivity contribution is 0.395. The zero-order chi connectivity index (χ0) is 22.7. The predicted molar refractivity (Wildman–Crippen MR) is 133 cm³/mol. The molecule has 4 rings (SSSR count). The molecule has 8 heteroatoms. The quantitative estimate of drug-likeness (QED) is 0.289. The van der Waals surface area contributed by atoms with Gasteiger partial charge in [0.2, 0.25) is 5.82 Å². The second-order valence-corrected chi connectivity index (χ2v) is 8.98. The van der Waals surface area contributed by atoms with Gasteiger partial charge >= 0.3 is 0 Å². The van der Waals surface area contributed by atoms with Gasteiger partial charge in [-0.05, 0) is 67.5 Å². The number of halogens is 2. The molecule has 0 saturated heterocycles. The van der Waals surface area contributed by atoms with E-state index in [1.54, 1.807) is 0 Å². The Morgan fingerprint density at radius 3 is 2.59 bits per heavy atom. The second kappa shape index (κ2) is 10.0. The smallest absolute Gasteiger partial charge is 0.258 e. The van der Waals surface area contributed by atoms with Crippen molar-refractivity contribution in [3.8, 4) is 11.4 Å². The van der Waals surface area contributed by atoms with Gasteiger partial charge in [0.1, 0.15) is 0 Å². The van der Waals surface area contributed by atoms with Crippen LogP contribution in [-0.4, -0.2) is 26.7 Å². The second-order valence-electron chi connectivity index (χ2n) is 7.73. The third kappa shape index (κ3) is 4.82. The highest BCUT2D eigenvalue weighted by Crippen LogP contribution is 2.38. The minimum absolute atomic E-state index is 0.248. The van der Waals surface area contributed by atoms with Crippen LogP contribution in [0.1, 0.15) is 50.6 Å². The molecule has 3 aromatic rings. The van der Waals surface area contributed by atoms with Crippen molar-refractivity contribution in [3.63, 3.8) is 0 Å². The largest absolute Gasteiger partial charge is 0.351 e. The third-order valence-electron chi connectivity index (χ3n) is 5.52. The van der Waals surface area contributed by atoms with E-state index in [2.05, 4.69) is 29.2 Å². The Kier molecular flexibility index (Phi) is 7.13. The van der Waals surface area contributed by atoms with Crippen LogP contribution in [0, 0.1) is 0 Å². The first kappa shape index (κ1) is 22.8. The zero-order valence-electron chi connectivity index (χ0n) is 17.9. The number of thiocarbonyl (C=S) groups is 1. The number of benzene rings is 2. The SMILES string of the molecule is CCCCCN1C(=S)NC(c2cccc(Cl)c2)C(c2nc(-c3ccc(Cl)cc3)no2)=C1C. The molecule has 1 aliphatic rings. The molecule has 0 bridgehead atoms. The number of allylic oxidation sites excluding steroid dienone is 1. The Balaban J connectivity index is 1.77. The van der Waals surface area contributed by atoms with Crippen LogP contribution in [-0.2, 0) is 0 Å². The summed E-state index contributed by atoms with van der Waals surface area (Å²) in [7, 11) is 0. The first-order valence-electron chi connectivity index (χ1n) is 10.6. The molecule has 1 aliphatic heterocycles. The number of hydrogen-bond donors (Lipinski definition) is 1. The zero-order valence-corrected chi connectivity index (χ0v) is 20.3. The topological polar surface area (TPSA) is 54.2 Å². The van der Waals surface area contributed by atoms with Gasteiger partial charge in [-0.1, -0.05) is 60.3 Å². The minimum Gasteiger partial charge on any atom is -0.351 e. The average molecular weight is 487 g/mol. The Hall–Kier alpha value is -2.41. The third-order valence-corrected chi connectivity index (χ3v) is 6.35. The number of nitrogens with one attached hydrogen (secondary N) is 1. The van der Waals surface area contributed by atoms with Crippen LogP contribution in [0.5, 0.6) is 0 Å². The van der Waals surface area contributed by atoms with Gasteiger partial charge in [-0.2, -0.15) is 4.98 Å². The number of aromatic nitrogens is 2. The summed E-state index contributed by atoms with van der Waals surface area (Å²) in [5, 5.41) is 9.69. The summed E-state index contributed by atoms with van der Waals surface area (Å²) in [5.74, 6) is 0.959. The Morgan fingerprint density at radius 1 is 1.09 bits per heavy atom. The highest BCUT2D eigenvalue weighted by Gasteiger charge is 2.34. The molecule has 0 amide bonds. The first-order valence-corrected chi connectivity index (χ1v) is 11.8. The van der Waals surface area contributed by atoms with Crippen molar-refractivity contribution >= 4 is 46.1 Å². The maximum Gasteiger partial charge on any atom is 0.258 e. The molecule has 1 aromatic heterocycles. The predicted octanol–water partition coefficient (Wildman–Crippen LogP) is 6.90. The van der Waals surface area contributed by atoms with Crippen LogP contribution >= 0.6 is 35.4 Å². The van der Waals surface area contributed by atoms with Gasteiger partial charge < -0.3 is 14.7 Å². The fourth-order valence-electron chi connectivity index (χ4n) is 3.83. The van der Waals surface area contributed by atoms with E-state index < -0.39 is 0 Å². The van der Waals surface area contributed by atoms with Crippen LogP contribution in [0.4, 0.5) is 0 Å². The number of hydrogen-bond acceptors (Lipinski definition) is 4. The van der Waals surface area contributed by atoms with Crippen molar-refractivity contribution in [1.29, 1.82) is 0 Å². The van der Waals surface area contributed by atoms with E-state index in [-0.39, 0.29) is 6.04 Å². The molecular formula is C24H24Cl2N4OS. The van der Waals surface area contributed by atoms with Gasteiger partial charge in [0.05, 0.1) is 11.6 Å². The summed E-state index contributed by atoms with van der Waals surface area (Å²) in [5.41, 5.74) is 3.71. The summed E-state index contributed by atoms with van der Waals surface area (Å²) in [4.78, 5) is 6.84. The molecule has 1 unspecified atom stereocenters. The summed E-state index contributed by atoms with van der Waals surface area (Å²) in [6.45, 7) is 5.07. The van der Waals surface area contributed by atoms with Gasteiger partial charge in [-0.3, -0.25) is 0 Å². The van der Waals surface area contributed by atoms with E-state index in [4.69, 9.17) is 44.9 Å². The normalized spacial score (nSPS) is 16.4. The Labute approximate surface area is 203 Å². The standard InChI is InChI=1S/C24H24Cl2N4OS/c1-3-4-5-13-30-15(2)20(21(27-24(30)32)17-7-6-8-19(26)14-17)23-28-22(29-31-23)16-9-11-18(25)12-10-16/h6-12,14,21H,3-5,13H2,1-2H3,(H,27,32). The van der Waals surface area contributed by atoms with Crippen LogP contribution in [0.3, 0.4) is 0 Å². The molecular weight excluding hydrogens is 463 g/mol. The molecule has 166 valence electrons. The monoisotopic (exact) mass is 486 g/mol. The molecule has 1 N–H and O–H groups in total. The van der Waals surface area contributed by atoms with Crippen molar-refractivity contribution in [2.24, 2.45) is 0 Å². The summed E-state index contributed by atoms with van der Waals surface area (Å²) < 4.78 is 5.76. The highest BCUT2D eigenvalue weighted by atomic mass is 35.5. The van der Waals surface area contributed by atoms with Crippen LogP contribution < -0.4 is 5.32 Å². The Morgan fingerprint density at radius 2 is 1.88 bits per heavy atom. The number of rotatable bonds is 7. The summed E-state index contributed by atoms with van der Waals surface area (Å²) in [6, 6.07) is 14.8. The maximum atomic E-state index is 6.29. The van der Waals surface area contributed by atoms with E-state index in [9.17, 15) is 0 Å². The lowest BCUT2D eigenvalue weighted by Gasteiger charge is -2.37.